The van der Waals surface area contributed by atoms with E-state index >= 15 is 0 Å². The molecule has 0 atom stereocenters. The Labute approximate surface area is 123 Å². The van der Waals surface area contributed by atoms with Crippen molar-refractivity contribution in [2.75, 3.05) is 39.1 Å². The van der Waals surface area contributed by atoms with E-state index in [4.69, 9.17) is 15.2 Å². The molecule has 0 radical (unpaired) electrons. The number of rotatable bonds is 9. The number of hydrogen-bond donors (Lipinski definition) is 3. The largest absolute Gasteiger partial charge is 0.493 e. The second-order valence-corrected chi connectivity index (χ2v) is 4.29. The van der Waals surface area contributed by atoms with Crippen LogP contribution in [0.2, 0.25) is 0 Å². The van der Waals surface area contributed by atoms with Gasteiger partial charge < -0.3 is 25.8 Å². The first-order valence-corrected chi connectivity index (χ1v) is 6.62. The SMILES string of the molecule is COCCNC(=O)CNC(=O)CCOc1cccc(N)c1. The van der Waals surface area contributed by atoms with Crippen LogP contribution < -0.4 is 21.1 Å². The highest BCUT2D eigenvalue weighted by atomic mass is 16.5. The number of benzene rings is 1. The van der Waals surface area contributed by atoms with Crippen molar-refractivity contribution >= 4 is 17.5 Å². The number of ether oxygens (including phenoxy) is 2. The van der Waals surface area contributed by atoms with Gasteiger partial charge in [0.05, 0.1) is 26.2 Å². The molecule has 0 bridgehead atoms. The molecule has 0 fully saturated rings. The van der Waals surface area contributed by atoms with E-state index in [1.54, 1.807) is 31.4 Å². The van der Waals surface area contributed by atoms with Crippen LogP contribution in [0.25, 0.3) is 0 Å². The Morgan fingerprint density at radius 2 is 2.00 bits per heavy atom. The molecule has 0 heterocycles. The van der Waals surface area contributed by atoms with Gasteiger partial charge in [-0.3, -0.25) is 9.59 Å². The minimum Gasteiger partial charge on any atom is -0.493 e. The standard InChI is InChI=1S/C14H21N3O4/c1-20-8-6-16-14(19)10-17-13(18)5-7-21-12-4-2-3-11(15)9-12/h2-4,9H,5-8,10,15H2,1H3,(H,16,19)(H,17,18). The van der Waals surface area contributed by atoms with Crippen molar-refractivity contribution in [3.05, 3.63) is 24.3 Å². The Morgan fingerprint density at radius 1 is 1.19 bits per heavy atom. The van der Waals surface area contributed by atoms with Crippen molar-refractivity contribution in [3.63, 3.8) is 0 Å². The number of nitrogens with two attached hydrogens (primary N) is 1. The fourth-order valence-electron chi connectivity index (χ4n) is 1.49. The summed E-state index contributed by atoms with van der Waals surface area (Å²) in [5.74, 6) is 0.109. The molecule has 1 aromatic rings. The first kappa shape index (κ1) is 16.8. The Kier molecular flexibility index (Phi) is 7.67. The molecule has 116 valence electrons. The van der Waals surface area contributed by atoms with Crippen LogP contribution in [-0.2, 0) is 14.3 Å². The number of methoxy groups -OCH3 is 1. The summed E-state index contributed by atoms with van der Waals surface area (Å²) < 4.78 is 10.2. The lowest BCUT2D eigenvalue weighted by Crippen LogP contribution is -2.38. The van der Waals surface area contributed by atoms with Crippen molar-refractivity contribution in [1.29, 1.82) is 0 Å². The first-order chi connectivity index (χ1) is 10.1. The van der Waals surface area contributed by atoms with Gasteiger partial charge in [0.25, 0.3) is 0 Å². The van der Waals surface area contributed by atoms with Gasteiger partial charge in [0.15, 0.2) is 0 Å². The third-order valence-corrected chi connectivity index (χ3v) is 2.53. The van der Waals surface area contributed by atoms with Crippen molar-refractivity contribution < 1.29 is 19.1 Å². The van der Waals surface area contributed by atoms with Gasteiger partial charge in [-0.15, -0.1) is 0 Å². The van der Waals surface area contributed by atoms with E-state index < -0.39 is 0 Å². The van der Waals surface area contributed by atoms with Gasteiger partial charge in [-0.05, 0) is 12.1 Å². The average Bonchev–Trinajstić information content (AvgIpc) is 2.45. The van der Waals surface area contributed by atoms with E-state index in [2.05, 4.69) is 10.6 Å². The molecule has 7 heteroatoms. The summed E-state index contributed by atoms with van der Waals surface area (Å²) in [5, 5.41) is 5.11. The third-order valence-electron chi connectivity index (χ3n) is 2.53. The lowest BCUT2D eigenvalue weighted by Gasteiger charge is -2.08. The summed E-state index contributed by atoms with van der Waals surface area (Å²) in [6.45, 7) is 1.03. The fourth-order valence-corrected chi connectivity index (χ4v) is 1.49. The van der Waals surface area contributed by atoms with Gasteiger partial charge in [-0.2, -0.15) is 0 Å². The van der Waals surface area contributed by atoms with E-state index in [9.17, 15) is 9.59 Å². The summed E-state index contributed by atoms with van der Waals surface area (Å²) >= 11 is 0. The molecule has 0 saturated heterocycles. The molecular formula is C14H21N3O4. The van der Waals surface area contributed by atoms with Crippen LogP contribution in [0, 0.1) is 0 Å². The maximum Gasteiger partial charge on any atom is 0.239 e. The highest BCUT2D eigenvalue weighted by Crippen LogP contribution is 2.14. The summed E-state index contributed by atoms with van der Waals surface area (Å²) in [4.78, 5) is 22.8. The molecule has 0 saturated carbocycles. The van der Waals surface area contributed by atoms with Gasteiger partial charge in [0.1, 0.15) is 5.75 Å². The van der Waals surface area contributed by atoms with E-state index in [1.807, 2.05) is 0 Å². The van der Waals surface area contributed by atoms with Gasteiger partial charge in [0.2, 0.25) is 11.8 Å². The second-order valence-electron chi connectivity index (χ2n) is 4.29. The monoisotopic (exact) mass is 295 g/mol. The van der Waals surface area contributed by atoms with E-state index in [0.717, 1.165) is 0 Å². The van der Waals surface area contributed by atoms with Crippen molar-refractivity contribution in [1.82, 2.24) is 10.6 Å². The Hall–Kier alpha value is -2.28. The zero-order valence-corrected chi connectivity index (χ0v) is 12.1. The van der Waals surface area contributed by atoms with Gasteiger partial charge >= 0.3 is 0 Å². The van der Waals surface area contributed by atoms with E-state index in [-0.39, 0.29) is 31.4 Å². The van der Waals surface area contributed by atoms with Crippen LogP contribution in [-0.4, -0.2) is 45.2 Å². The van der Waals surface area contributed by atoms with Gasteiger partial charge in [-0.25, -0.2) is 0 Å². The third kappa shape index (κ3) is 7.78. The first-order valence-electron chi connectivity index (χ1n) is 6.62. The summed E-state index contributed by atoms with van der Waals surface area (Å²) in [6, 6.07) is 6.97. The van der Waals surface area contributed by atoms with Crippen LogP contribution in [0.15, 0.2) is 24.3 Å². The van der Waals surface area contributed by atoms with Crippen LogP contribution in [0.5, 0.6) is 5.75 Å². The molecule has 1 rings (SSSR count). The Balaban J connectivity index is 2.12. The quantitative estimate of drug-likeness (QED) is 0.437. The maximum atomic E-state index is 11.5. The zero-order valence-electron chi connectivity index (χ0n) is 12.1. The molecule has 0 aliphatic rings. The maximum absolute atomic E-state index is 11.5. The molecule has 2 amide bonds. The normalized spacial score (nSPS) is 9.95. The van der Waals surface area contributed by atoms with Crippen LogP contribution in [0.3, 0.4) is 0 Å². The number of carbonyl (C=O) groups excluding carboxylic acids is 2. The second kappa shape index (κ2) is 9.60. The molecule has 0 spiro atoms. The lowest BCUT2D eigenvalue weighted by molar-refractivity contribution is -0.126. The smallest absolute Gasteiger partial charge is 0.239 e. The summed E-state index contributed by atoms with van der Waals surface area (Å²) in [6.07, 6.45) is 0.167. The summed E-state index contributed by atoms with van der Waals surface area (Å²) in [7, 11) is 1.55. The highest BCUT2D eigenvalue weighted by molar-refractivity contribution is 5.84. The molecule has 0 aliphatic heterocycles. The Bertz CT molecular complexity index is 465. The lowest BCUT2D eigenvalue weighted by atomic mass is 10.3. The highest BCUT2D eigenvalue weighted by Gasteiger charge is 2.05. The van der Waals surface area contributed by atoms with Gasteiger partial charge in [0, 0.05) is 25.4 Å². The molecule has 0 aliphatic carbocycles. The van der Waals surface area contributed by atoms with Crippen molar-refractivity contribution in [3.8, 4) is 5.75 Å². The molecule has 1 aromatic carbocycles. The van der Waals surface area contributed by atoms with Crippen LogP contribution in [0.4, 0.5) is 5.69 Å². The van der Waals surface area contributed by atoms with Crippen LogP contribution in [0.1, 0.15) is 6.42 Å². The molecule has 7 nitrogen and oxygen atoms in total. The number of anilines is 1. The molecule has 21 heavy (non-hydrogen) atoms. The minimum atomic E-state index is -0.253. The number of hydrogen-bond acceptors (Lipinski definition) is 5. The average molecular weight is 295 g/mol. The Morgan fingerprint density at radius 3 is 2.71 bits per heavy atom. The molecule has 0 aromatic heterocycles. The number of nitrogen functional groups attached to an aromatic ring is 1. The minimum absolute atomic E-state index is 0.0547. The molecular weight excluding hydrogens is 274 g/mol. The predicted molar refractivity (Wildman–Crippen MR) is 78.9 cm³/mol. The number of carbonyl (C=O) groups is 2. The topological polar surface area (TPSA) is 103 Å². The molecule has 0 unspecified atom stereocenters. The fraction of sp³-hybridized carbons (Fsp3) is 0.429. The zero-order chi connectivity index (χ0) is 15.5. The predicted octanol–water partition coefficient (Wildman–Crippen LogP) is -0.0835. The number of amides is 2. The summed E-state index contributed by atoms with van der Waals surface area (Å²) in [5.41, 5.74) is 6.21. The van der Waals surface area contributed by atoms with Gasteiger partial charge in [-0.1, -0.05) is 6.07 Å². The van der Waals surface area contributed by atoms with E-state index in [1.165, 1.54) is 0 Å². The van der Waals surface area contributed by atoms with Crippen molar-refractivity contribution in [2.24, 2.45) is 0 Å². The molecule has 4 N–H and O–H groups in total. The van der Waals surface area contributed by atoms with E-state index in [0.29, 0.717) is 24.6 Å². The van der Waals surface area contributed by atoms with Crippen molar-refractivity contribution in [2.45, 2.75) is 6.42 Å². The number of nitrogens with one attached hydrogen (secondary N) is 2. The van der Waals surface area contributed by atoms with Crippen LogP contribution >= 0.6 is 0 Å².